The van der Waals surface area contributed by atoms with Crippen molar-refractivity contribution < 1.29 is 5.11 Å². The van der Waals surface area contributed by atoms with Crippen molar-refractivity contribution in [3.63, 3.8) is 0 Å². The van der Waals surface area contributed by atoms with E-state index >= 15 is 0 Å². The largest absolute Gasteiger partial charge is 0.396 e. The summed E-state index contributed by atoms with van der Waals surface area (Å²) in [5.74, 6) is 2.11. The highest BCUT2D eigenvalue weighted by atomic mass is 32.2. The highest BCUT2D eigenvalue weighted by Crippen LogP contribution is 2.13. The topological polar surface area (TPSA) is 32.3 Å². The second kappa shape index (κ2) is 8.62. The van der Waals surface area contributed by atoms with Gasteiger partial charge in [-0.1, -0.05) is 37.3 Å². The van der Waals surface area contributed by atoms with Crippen molar-refractivity contribution >= 4 is 11.8 Å². The molecule has 0 fully saturated rings. The Morgan fingerprint density at radius 1 is 1.31 bits per heavy atom. The van der Waals surface area contributed by atoms with Gasteiger partial charge in [0, 0.05) is 24.2 Å². The van der Waals surface area contributed by atoms with Crippen LogP contribution in [0.2, 0.25) is 0 Å². The van der Waals surface area contributed by atoms with Crippen molar-refractivity contribution in [1.82, 2.24) is 5.32 Å². The molecule has 0 aliphatic heterocycles. The summed E-state index contributed by atoms with van der Waals surface area (Å²) in [7, 11) is 0. The fourth-order valence-electron chi connectivity index (χ4n) is 1.58. The molecule has 90 valence electrons. The first-order chi connectivity index (χ1) is 7.86. The van der Waals surface area contributed by atoms with E-state index in [0.717, 1.165) is 24.5 Å². The van der Waals surface area contributed by atoms with Gasteiger partial charge < -0.3 is 10.4 Å². The van der Waals surface area contributed by atoms with E-state index in [2.05, 4.69) is 36.5 Å². The Hall–Kier alpha value is -0.510. The van der Waals surface area contributed by atoms with Crippen LogP contribution in [-0.4, -0.2) is 30.1 Å². The second-order valence-electron chi connectivity index (χ2n) is 3.77. The molecular weight excluding hydrogens is 218 g/mol. The Kier molecular flexibility index (Phi) is 7.30. The number of nitrogens with one attached hydrogen (secondary N) is 1. The van der Waals surface area contributed by atoms with E-state index < -0.39 is 0 Å². The van der Waals surface area contributed by atoms with Gasteiger partial charge in [-0.05, 0) is 18.5 Å². The zero-order chi connectivity index (χ0) is 11.6. The fourth-order valence-corrected chi connectivity index (χ4v) is 2.70. The minimum Gasteiger partial charge on any atom is -0.396 e. The van der Waals surface area contributed by atoms with Crippen molar-refractivity contribution in [1.29, 1.82) is 0 Å². The normalized spacial score (nSPS) is 12.6. The summed E-state index contributed by atoms with van der Waals surface area (Å²) >= 11 is 1.92. The third-order valence-corrected chi connectivity index (χ3v) is 3.58. The lowest BCUT2D eigenvalue weighted by atomic mass is 10.2. The van der Waals surface area contributed by atoms with Crippen molar-refractivity contribution in [3.05, 3.63) is 35.9 Å². The standard InChI is InChI=1S/C13H21NOS/c1-2-14-13(8-9-15)11-16-10-12-6-4-3-5-7-12/h3-7,13-15H,2,8-11H2,1H3. The van der Waals surface area contributed by atoms with Crippen LogP contribution in [0, 0.1) is 0 Å². The molecule has 0 saturated heterocycles. The molecule has 1 unspecified atom stereocenters. The molecule has 0 heterocycles. The predicted molar refractivity (Wildman–Crippen MR) is 71.8 cm³/mol. The Morgan fingerprint density at radius 2 is 2.06 bits per heavy atom. The van der Waals surface area contributed by atoms with E-state index in [4.69, 9.17) is 5.11 Å². The molecule has 2 nitrogen and oxygen atoms in total. The molecule has 0 radical (unpaired) electrons. The zero-order valence-corrected chi connectivity index (χ0v) is 10.7. The van der Waals surface area contributed by atoms with Crippen LogP contribution in [0.1, 0.15) is 18.9 Å². The minimum atomic E-state index is 0.267. The molecule has 0 bridgehead atoms. The number of benzene rings is 1. The van der Waals surface area contributed by atoms with Crippen molar-refractivity contribution in [2.45, 2.75) is 25.1 Å². The second-order valence-corrected chi connectivity index (χ2v) is 4.80. The molecule has 0 aromatic heterocycles. The van der Waals surface area contributed by atoms with E-state index in [0.29, 0.717) is 6.04 Å². The van der Waals surface area contributed by atoms with Gasteiger partial charge in [-0.3, -0.25) is 0 Å². The van der Waals surface area contributed by atoms with Crippen molar-refractivity contribution in [3.8, 4) is 0 Å². The highest BCUT2D eigenvalue weighted by Gasteiger charge is 2.06. The van der Waals surface area contributed by atoms with Crippen LogP contribution in [0.25, 0.3) is 0 Å². The maximum atomic E-state index is 8.93. The molecule has 1 aromatic carbocycles. The van der Waals surface area contributed by atoms with E-state index in [-0.39, 0.29) is 6.61 Å². The Morgan fingerprint density at radius 3 is 2.69 bits per heavy atom. The molecule has 1 aromatic rings. The molecule has 0 aliphatic carbocycles. The molecule has 0 saturated carbocycles. The van der Waals surface area contributed by atoms with Crippen LogP contribution < -0.4 is 5.32 Å². The van der Waals surface area contributed by atoms with E-state index in [1.54, 1.807) is 0 Å². The average molecular weight is 239 g/mol. The maximum Gasteiger partial charge on any atom is 0.0446 e. The molecule has 0 spiro atoms. The third-order valence-electron chi connectivity index (χ3n) is 2.40. The van der Waals surface area contributed by atoms with E-state index in [9.17, 15) is 0 Å². The number of aliphatic hydroxyl groups excluding tert-OH is 1. The third kappa shape index (κ3) is 5.54. The lowest BCUT2D eigenvalue weighted by Crippen LogP contribution is -2.32. The van der Waals surface area contributed by atoms with Gasteiger partial charge in [0.1, 0.15) is 0 Å². The molecule has 16 heavy (non-hydrogen) atoms. The molecule has 1 rings (SSSR count). The highest BCUT2D eigenvalue weighted by molar-refractivity contribution is 7.98. The van der Waals surface area contributed by atoms with Gasteiger partial charge in [0.15, 0.2) is 0 Å². The van der Waals surface area contributed by atoms with Crippen LogP contribution in [0.15, 0.2) is 30.3 Å². The lowest BCUT2D eigenvalue weighted by molar-refractivity contribution is 0.271. The quantitative estimate of drug-likeness (QED) is 0.730. The first-order valence-corrected chi connectivity index (χ1v) is 6.98. The van der Waals surface area contributed by atoms with E-state index in [1.165, 1.54) is 5.56 Å². The Labute approximate surface area is 102 Å². The number of rotatable bonds is 8. The van der Waals surface area contributed by atoms with Gasteiger partial charge in [0.25, 0.3) is 0 Å². The molecule has 0 amide bonds. The molecule has 1 atom stereocenters. The summed E-state index contributed by atoms with van der Waals surface area (Å²) in [6, 6.07) is 10.9. The van der Waals surface area contributed by atoms with Gasteiger partial charge in [-0.15, -0.1) is 0 Å². The van der Waals surface area contributed by atoms with Crippen LogP contribution in [0.5, 0.6) is 0 Å². The zero-order valence-electron chi connectivity index (χ0n) is 9.86. The molecule has 3 heteroatoms. The monoisotopic (exact) mass is 239 g/mol. The smallest absolute Gasteiger partial charge is 0.0446 e. The molecule has 0 aliphatic rings. The molecular formula is C13H21NOS. The van der Waals surface area contributed by atoms with Gasteiger partial charge in [0.2, 0.25) is 0 Å². The SMILES string of the molecule is CCNC(CCO)CSCc1ccccc1. The van der Waals surface area contributed by atoms with Gasteiger partial charge >= 0.3 is 0 Å². The fraction of sp³-hybridized carbons (Fsp3) is 0.538. The van der Waals surface area contributed by atoms with Crippen LogP contribution in [0.3, 0.4) is 0 Å². The lowest BCUT2D eigenvalue weighted by Gasteiger charge is -2.16. The van der Waals surface area contributed by atoms with Crippen molar-refractivity contribution in [2.24, 2.45) is 0 Å². The number of hydrogen-bond acceptors (Lipinski definition) is 3. The Balaban J connectivity index is 2.22. The summed E-state index contributed by atoms with van der Waals surface area (Å²) in [5, 5.41) is 12.3. The molecule has 2 N–H and O–H groups in total. The Bertz CT molecular complexity index is 260. The summed E-state index contributed by atoms with van der Waals surface area (Å²) in [6.45, 7) is 3.34. The van der Waals surface area contributed by atoms with Gasteiger partial charge in [-0.2, -0.15) is 11.8 Å². The van der Waals surface area contributed by atoms with Crippen molar-refractivity contribution in [2.75, 3.05) is 18.9 Å². The van der Waals surface area contributed by atoms with Crippen LogP contribution >= 0.6 is 11.8 Å². The minimum absolute atomic E-state index is 0.267. The summed E-state index contributed by atoms with van der Waals surface area (Å²) in [6.07, 6.45) is 0.843. The van der Waals surface area contributed by atoms with Crippen LogP contribution in [-0.2, 0) is 5.75 Å². The summed E-state index contributed by atoms with van der Waals surface area (Å²) < 4.78 is 0. The first kappa shape index (κ1) is 13.6. The number of aliphatic hydroxyl groups is 1. The van der Waals surface area contributed by atoms with Crippen LogP contribution in [0.4, 0.5) is 0 Å². The summed E-state index contributed by atoms with van der Waals surface area (Å²) in [5.41, 5.74) is 1.37. The predicted octanol–water partition coefficient (Wildman–Crippen LogP) is 2.28. The first-order valence-electron chi connectivity index (χ1n) is 5.82. The van der Waals surface area contributed by atoms with E-state index in [1.807, 2.05) is 17.8 Å². The van der Waals surface area contributed by atoms with Gasteiger partial charge in [-0.25, -0.2) is 0 Å². The summed E-state index contributed by atoms with van der Waals surface area (Å²) in [4.78, 5) is 0. The number of thioether (sulfide) groups is 1. The van der Waals surface area contributed by atoms with Gasteiger partial charge in [0.05, 0.1) is 0 Å². The average Bonchev–Trinajstić information content (AvgIpc) is 2.31. The number of hydrogen-bond donors (Lipinski definition) is 2. The maximum absolute atomic E-state index is 8.93.